The summed E-state index contributed by atoms with van der Waals surface area (Å²) in [6.45, 7) is 5.16. The first-order valence-corrected chi connectivity index (χ1v) is 7.93. The third kappa shape index (κ3) is 3.38. The molecule has 0 spiro atoms. The van der Waals surface area contributed by atoms with E-state index in [0.717, 1.165) is 11.3 Å². The summed E-state index contributed by atoms with van der Waals surface area (Å²) in [5, 5.41) is 4.16. The number of nitrogens with one attached hydrogen (secondary N) is 1. The van der Waals surface area contributed by atoms with Gasteiger partial charge in [-0.15, -0.1) is 0 Å². The summed E-state index contributed by atoms with van der Waals surface area (Å²) in [5.74, 6) is -0.538. The number of carbonyl (C=O) groups excluding carboxylic acids is 2. The number of ether oxygens (including phenoxy) is 1. The molecule has 128 valence electrons. The van der Waals surface area contributed by atoms with Gasteiger partial charge in [-0.25, -0.2) is 9.48 Å². The molecule has 6 nitrogen and oxygen atoms in total. The number of rotatable bonds is 5. The molecule has 0 radical (unpaired) electrons. The molecule has 3 rings (SSSR count). The molecular formula is C19H19N3O3. The van der Waals surface area contributed by atoms with E-state index in [9.17, 15) is 9.59 Å². The third-order valence-electron chi connectivity index (χ3n) is 4.07. The molecule has 0 atom stereocenters. The highest BCUT2D eigenvalue weighted by molar-refractivity contribution is 6.01. The second kappa shape index (κ2) is 6.76. The van der Waals surface area contributed by atoms with Crippen LogP contribution in [-0.4, -0.2) is 26.5 Å². The summed E-state index contributed by atoms with van der Waals surface area (Å²) in [6, 6.07) is 9.45. The number of aryl methyl sites for hydroxylation is 1. The van der Waals surface area contributed by atoms with E-state index in [1.165, 1.54) is 6.92 Å². The van der Waals surface area contributed by atoms with Crippen LogP contribution in [0.2, 0.25) is 0 Å². The molecule has 0 aliphatic heterocycles. The van der Waals surface area contributed by atoms with Gasteiger partial charge >= 0.3 is 5.97 Å². The quantitative estimate of drug-likeness (QED) is 0.572. The van der Waals surface area contributed by atoms with Crippen LogP contribution in [0.4, 0.5) is 0 Å². The van der Waals surface area contributed by atoms with Crippen LogP contribution >= 0.6 is 0 Å². The summed E-state index contributed by atoms with van der Waals surface area (Å²) in [7, 11) is 0. The fourth-order valence-electron chi connectivity index (χ4n) is 2.87. The zero-order valence-corrected chi connectivity index (χ0v) is 14.4. The molecule has 2 aromatic heterocycles. The molecule has 0 saturated carbocycles. The van der Waals surface area contributed by atoms with Crippen LogP contribution < -0.4 is 0 Å². The number of Topliss-reactive ketones (excluding diaryl/α,β-unsaturated/α-hetero) is 1. The highest BCUT2D eigenvalue weighted by atomic mass is 16.5. The van der Waals surface area contributed by atoms with E-state index in [-0.39, 0.29) is 12.4 Å². The van der Waals surface area contributed by atoms with Crippen molar-refractivity contribution in [3.05, 3.63) is 70.8 Å². The molecule has 0 fully saturated rings. The van der Waals surface area contributed by atoms with E-state index in [1.54, 1.807) is 24.7 Å². The third-order valence-corrected chi connectivity index (χ3v) is 4.07. The molecule has 1 aromatic carbocycles. The second-order valence-electron chi connectivity index (χ2n) is 5.87. The topological polar surface area (TPSA) is 77.0 Å². The maximum atomic E-state index is 12.3. The molecule has 2 heterocycles. The van der Waals surface area contributed by atoms with Crippen LogP contribution in [0.1, 0.15) is 44.6 Å². The average molecular weight is 337 g/mol. The zero-order chi connectivity index (χ0) is 18.0. The molecule has 25 heavy (non-hydrogen) atoms. The Labute approximate surface area is 145 Å². The molecular weight excluding hydrogens is 318 g/mol. The van der Waals surface area contributed by atoms with Crippen molar-refractivity contribution < 1.29 is 14.3 Å². The number of carbonyl (C=O) groups is 2. The normalized spacial score (nSPS) is 10.7. The Morgan fingerprint density at radius 3 is 2.48 bits per heavy atom. The van der Waals surface area contributed by atoms with Crippen LogP contribution in [0.5, 0.6) is 0 Å². The number of nitrogens with zero attached hydrogens (tertiary/aromatic N) is 2. The first-order valence-electron chi connectivity index (χ1n) is 7.93. The minimum Gasteiger partial charge on any atom is -0.456 e. The van der Waals surface area contributed by atoms with Crippen LogP contribution in [0.15, 0.2) is 42.7 Å². The van der Waals surface area contributed by atoms with Crippen LogP contribution in [-0.2, 0) is 11.3 Å². The van der Waals surface area contributed by atoms with Crippen molar-refractivity contribution in [2.75, 3.05) is 0 Å². The summed E-state index contributed by atoms with van der Waals surface area (Å²) >= 11 is 0. The minimum absolute atomic E-state index is 0.0699. The smallest absolute Gasteiger partial charge is 0.355 e. The summed E-state index contributed by atoms with van der Waals surface area (Å²) in [5.41, 5.74) is 4.00. The van der Waals surface area contributed by atoms with E-state index in [0.29, 0.717) is 22.5 Å². The van der Waals surface area contributed by atoms with Gasteiger partial charge in [-0.05, 0) is 50.1 Å². The van der Waals surface area contributed by atoms with Crippen molar-refractivity contribution in [1.82, 2.24) is 14.8 Å². The fourth-order valence-corrected chi connectivity index (χ4v) is 2.87. The lowest BCUT2D eigenvalue weighted by Crippen LogP contribution is -2.08. The minimum atomic E-state index is -0.468. The maximum absolute atomic E-state index is 12.3. The van der Waals surface area contributed by atoms with Crippen molar-refractivity contribution in [2.24, 2.45) is 0 Å². The predicted octanol–water partition coefficient (Wildman–Crippen LogP) is 3.38. The Bertz CT molecular complexity index is 906. The molecule has 0 amide bonds. The van der Waals surface area contributed by atoms with Crippen LogP contribution in [0.3, 0.4) is 0 Å². The van der Waals surface area contributed by atoms with Gasteiger partial charge in [0.2, 0.25) is 0 Å². The maximum Gasteiger partial charge on any atom is 0.355 e. The number of aromatic nitrogens is 3. The van der Waals surface area contributed by atoms with Crippen molar-refractivity contribution in [3.63, 3.8) is 0 Å². The van der Waals surface area contributed by atoms with E-state index >= 15 is 0 Å². The Hall–Kier alpha value is -3.15. The molecule has 1 N–H and O–H groups in total. The van der Waals surface area contributed by atoms with Crippen molar-refractivity contribution in [1.29, 1.82) is 0 Å². The Morgan fingerprint density at radius 2 is 1.92 bits per heavy atom. The molecule has 0 saturated heterocycles. The highest BCUT2D eigenvalue weighted by Crippen LogP contribution is 2.20. The van der Waals surface area contributed by atoms with Gasteiger partial charge in [0.15, 0.2) is 5.78 Å². The van der Waals surface area contributed by atoms with Gasteiger partial charge in [-0.1, -0.05) is 12.1 Å². The van der Waals surface area contributed by atoms with Gasteiger partial charge < -0.3 is 9.72 Å². The van der Waals surface area contributed by atoms with Gasteiger partial charge in [0.05, 0.1) is 5.69 Å². The standard InChI is InChI=1S/C19H19N3O3/c1-12-17(14(3)23)13(2)21-18(12)19(24)25-11-15-5-7-16(8-6-15)22-10-4-9-20-22/h4-10,21H,11H2,1-3H3. The number of hydrogen-bond acceptors (Lipinski definition) is 4. The SMILES string of the molecule is CC(=O)c1c(C)[nH]c(C(=O)OCc2ccc(-n3cccn3)cc2)c1C. The van der Waals surface area contributed by atoms with E-state index in [4.69, 9.17) is 4.74 Å². The number of hydrogen-bond donors (Lipinski definition) is 1. The van der Waals surface area contributed by atoms with Crippen molar-refractivity contribution in [2.45, 2.75) is 27.4 Å². The number of H-pyrrole nitrogens is 1. The summed E-state index contributed by atoms with van der Waals surface area (Å²) in [6.07, 6.45) is 3.57. The van der Waals surface area contributed by atoms with E-state index < -0.39 is 5.97 Å². The van der Waals surface area contributed by atoms with Gasteiger partial charge in [-0.2, -0.15) is 5.10 Å². The molecule has 0 aliphatic carbocycles. The first kappa shape index (κ1) is 16.7. The Morgan fingerprint density at radius 1 is 1.20 bits per heavy atom. The summed E-state index contributed by atoms with van der Waals surface area (Å²) < 4.78 is 7.12. The number of benzene rings is 1. The first-order chi connectivity index (χ1) is 12.0. The molecule has 6 heteroatoms. The fraction of sp³-hybridized carbons (Fsp3) is 0.211. The average Bonchev–Trinajstić information content (AvgIpc) is 3.21. The lowest BCUT2D eigenvalue weighted by Gasteiger charge is -2.06. The number of esters is 1. The second-order valence-corrected chi connectivity index (χ2v) is 5.87. The zero-order valence-electron chi connectivity index (χ0n) is 14.4. The van der Waals surface area contributed by atoms with Gasteiger partial charge in [0.1, 0.15) is 12.3 Å². The highest BCUT2D eigenvalue weighted by Gasteiger charge is 2.20. The van der Waals surface area contributed by atoms with Gasteiger partial charge in [0.25, 0.3) is 0 Å². The molecule has 0 aliphatic rings. The van der Waals surface area contributed by atoms with Crippen LogP contribution in [0.25, 0.3) is 5.69 Å². The largest absolute Gasteiger partial charge is 0.456 e. The lowest BCUT2D eigenvalue weighted by atomic mass is 10.1. The van der Waals surface area contributed by atoms with Crippen molar-refractivity contribution >= 4 is 11.8 Å². The van der Waals surface area contributed by atoms with E-state index in [2.05, 4.69) is 10.1 Å². The van der Waals surface area contributed by atoms with Gasteiger partial charge in [0, 0.05) is 23.7 Å². The monoisotopic (exact) mass is 337 g/mol. The van der Waals surface area contributed by atoms with Gasteiger partial charge in [-0.3, -0.25) is 4.79 Å². The number of aromatic amines is 1. The molecule has 0 unspecified atom stereocenters. The Balaban J connectivity index is 1.68. The Kier molecular flexibility index (Phi) is 4.52. The van der Waals surface area contributed by atoms with E-state index in [1.807, 2.05) is 36.5 Å². The van der Waals surface area contributed by atoms with Crippen molar-refractivity contribution in [3.8, 4) is 5.69 Å². The van der Waals surface area contributed by atoms with Crippen LogP contribution in [0, 0.1) is 13.8 Å². The molecule has 0 bridgehead atoms. The lowest BCUT2D eigenvalue weighted by molar-refractivity contribution is 0.0465. The summed E-state index contributed by atoms with van der Waals surface area (Å²) in [4.78, 5) is 26.9. The molecule has 3 aromatic rings. The number of ketones is 1. The predicted molar refractivity (Wildman–Crippen MR) is 93.0 cm³/mol.